The molecule has 2 N–H and O–H groups in total. The molecule has 1 aromatic carbocycles. The van der Waals surface area contributed by atoms with Crippen LogP contribution >= 0.6 is 11.8 Å². The van der Waals surface area contributed by atoms with E-state index in [2.05, 4.69) is 41.3 Å². The molecule has 1 amide bonds. The van der Waals surface area contributed by atoms with Gasteiger partial charge in [-0.3, -0.25) is 4.79 Å². The highest BCUT2D eigenvalue weighted by molar-refractivity contribution is 8.00. The molecule has 0 unspecified atom stereocenters. The summed E-state index contributed by atoms with van der Waals surface area (Å²) in [5.74, 6) is 0.699. The number of amides is 1. The quantitative estimate of drug-likeness (QED) is 0.831. The zero-order valence-corrected chi connectivity index (χ0v) is 14.9. The fraction of sp³-hybridized carbons (Fsp3) is 0.556. The molecule has 4 nitrogen and oxygen atoms in total. The molecular weight excluding hydrogens is 306 g/mol. The third-order valence-electron chi connectivity index (χ3n) is 4.71. The average Bonchev–Trinajstić information content (AvgIpc) is 2.90. The second kappa shape index (κ2) is 6.95. The van der Waals surface area contributed by atoms with Crippen molar-refractivity contribution in [1.29, 1.82) is 0 Å². The summed E-state index contributed by atoms with van der Waals surface area (Å²) < 4.78 is 0. The van der Waals surface area contributed by atoms with Crippen LogP contribution in [0.2, 0.25) is 0 Å². The molecule has 1 aromatic heterocycles. The monoisotopic (exact) mass is 331 g/mol. The van der Waals surface area contributed by atoms with Gasteiger partial charge in [0.15, 0.2) is 5.16 Å². The fourth-order valence-electron chi connectivity index (χ4n) is 3.21. The minimum atomic E-state index is -0.147. The number of aryl methyl sites for hydroxylation is 1. The Morgan fingerprint density at radius 3 is 2.96 bits per heavy atom. The summed E-state index contributed by atoms with van der Waals surface area (Å²) in [4.78, 5) is 20.3. The number of nitrogens with zero attached hydrogens (tertiary/aromatic N) is 1. The first-order valence-electron chi connectivity index (χ1n) is 8.46. The number of carbonyl (C=O) groups is 1. The first kappa shape index (κ1) is 16.4. The Kier molecular flexibility index (Phi) is 4.95. The van der Waals surface area contributed by atoms with E-state index in [1.807, 2.05) is 13.0 Å². The summed E-state index contributed by atoms with van der Waals surface area (Å²) in [6.45, 7) is 6.25. The first-order chi connectivity index (χ1) is 11.0. The molecule has 3 rings (SSSR count). The summed E-state index contributed by atoms with van der Waals surface area (Å²) in [5, 5.41) is 3.89. The van der Waals surface area contributed by atoms with Crippen molar-refractivity contribution in [1.82, 2.24) is 15.3 Å². The van der Waals surface area contributed by atoms with Crippen LogP contribution in [-0.4, -0.2) is 27.2 Å². The minimum absolute atomic E-state index is 0.116. The van der Waals surface area contributed by atoms with Gasteiger partial charge in [0.1, 0.15) is 0 Å². The Bertz CT molecular complexity index is 697. The Labute approximate surface area is 141 Å². The summed E-state index contributed by atoms with van der Waals surface area (Å²) in [5.41, 5.74) is 3.18. The van der Waals surface area contributed by atoms with Crippen molar-refractivity contribution in [2.75, 3.05) is 0 Å². The van der Waals surface area contributed by atoms with Gasteiger partial charge in [0.25, 0.3) is 0 Å². The van der Waals surface area contributed by atoms with E-state index in [4.69, 9.17) is 0 Å². The highest BCUT2D eigenvalue weighted by Crippen LogP contribution is 2.26. The van der Waals surface area contributed by atoms with Crippen molar-refractivity contribution < 1.29 is 4.79 Å². The second-order valence-electron chi connectivity index (χ2n) is 6.70. The lowest BCUT2D eigenvalue weighted by Crippen LogP contribution is -2.44. The topological polar surface area (TPSA) is 57.8 Å². The number of aromatic nitrogens is 2. The number of benzene rings is 1. The number of fused-ring (bicyclic) bond motifs is 1. The summed E-state index contributed by atoms with van der Waals surface area (Å²) in [6, 6.07) is 6.48. The Morgan fingerprint density at radius 2 is 2.17 bits per heavy atom. The van der Waals surface area contributed by atoms with Gasteiger partial charge < -0.3 is 10.3 Å². The molecule has 1 fully saturated rings. The van der Waals surface area contributed by atoms with E-state index in [-0.39, 0.29) is 11.2 Å². The van der Waals surface area contributed by atoms with Gasteiger partial charge in [-0.25, -0.2) is 4.98 Å². The third-order valence-corrected chi connectivity index (χ3v) is 5.70. The number of carbonyl (C=O) groups excluding carboxylic acids is 1. The normalized spacial score (nSPS) is 22.9. The second-order valence-corrected chi connectivity index (χ2v) is 8.03. The molecular formula is C18H25N3OS. The van der Waals surface area contributed by atoms with E-state index >= 15 is 0 Å². The lowest BCUT2D eigenvalue weighted by molar-refractivity contribution is -0.121. The molecule has 0 saturated heterocycles. The van der Waals surface area contributed by atoms with Gasteiger partial charge in [-0.05, 0) is 50.3 Å². The van der Waals surface area contributed by atoms with Crippen LogP contribution in [0.25, 0.3) is 11.0 Å². The SMILES string of the molecule is Cc1ccc2nc(S[C@H](C)C(=O)N[C@@H]3CCCC[C@@H]3C)[nH]c2c1. The fourth-order valence-corrected chi connectivity index (χ4v) is 4.04. The molecule has 5 heteroatoms. The summed E-state index contributed by atoms with van der Waals surface area (Å²) >= 11 is 1.49. The molecule has 2 aromatic rings. The van der Waals surface area contributed by atoms with E-state index in [0.717, 1.165) is 22.6 Å². The van der Waals surface area contributed by atoms with Crippen LogP contribution in [0.4, 0.5) is 0 Å². The van der Waals surface area contributed by atoms with Crippen LogP contribution in [0, 0.1) is 12.8 Å². The molecule has 0 aliphatic heterocycles. The van der Waals surface area contributed by atoms with Crippen LogP contribution in [0.3, 0.4) is 0 Å². The number of hydrogen-bond donors (Lipinski definition) is 2. The van der Waals surface area contributed by atoms with Crippen molar-refractivity contribution in [3.63, 3.8) is 0 Å². The van der Waals surface area contributed by atoms with Gasteiger partial charge in [0.2, 0.25) is 5.91 Å². The Morgan fingerprint density at radius 1 is 1.39 bits per heavy atom. The predicted octanol–water partition coefficient (Wildman–Crippen LogP) is 4.05. The van der Waals surface area contributed by atoms with E-state index < -0.39 is 0 Å². The molecule has 1 aliphatic rings. The van der Waals surface area contributed by atoms with E-state index in [1.54, 1.807) is 0 Å². The largest absolute Gasteiger partial charge is 0.352 e. The van der Waals surface area contributed by atoms with Crippen LogP contribution in [0.1, 0.15) is 45.1 Å². The Hall–Kier alpha value is -1.49. The average molecular weight is 331 g/mol. The molecule has 1 aliphatic carbocycles. The number of aromatic amines is 1. The maximum absolute atomic E-state index is 12.5. The maximum atomic E-state index is 12.5. The molecule has 124 valence electrons. The molecule has 23 heavy (non-hydrogen) atoms. The lowest BCUT2D eigenvalue weighted by atomic mass is 9.86. The number of H-pyrrole nitrogens is 1. The Balaban J connectivity index is 1.62. The van der Waals surface area contributed by atoms with Gasteiger partial charge in [-0.1, -0.05) is 37.6 Å². The maximum Gasteiger partial charge on any atom is 0.233 e. The summed E-state index contributed by atoms with van der Waals surface area (Å²) in [7, 11) is 0. The number of nitrogens with one attached hydrogen (secondary N) is 2. The smallest absolute Gasteiger partial charge is 0.233 e. The molecule has 0 radical (unpaired) electrons. The van der Waals surface area contributed by atoms with E-state index in [0.29, 0.717) is 12.0 Å². The van der Waals surface area contributed by atoms with Gasteiger partial charge >= 0.3 is 0 Å². The van der Waals surface area contributed by atoms with Gasteiger partial charge in [-0.2, -0.15) is 0 Å². The number of thioether (sulfide) groups is 1. The highest BCUT2D eigenvalue weighted by Gasteiger charge is 2.25. The van der Waals surface area contributed by atoms with Crippen molar-refractivity contribution >= 4 is 28.7 Å². The highest BCUT2D eigenvalue weighted by atomic mass is 32.2. The predicted molar refractivity (Wildman–Crippen MR) is 95.7 cm³/mol. The third kappa shape index (κ3) is 3.89. The molecule has 0 spiro atoms. The molecule has 1 heterocycles. The van der Waals surface area contributed by atoms with Gasteiger partial charge in [-0.15, -0.1) is 0 Å². The van der Waals surface area contributed by atoms with E-state index in [9.17, 15) is 4.79 Å². The number of imidazole rings is 1. The van der Waals surface area contributed by atoms with E-state index in [1.165, 1.54) is 36.6 Å². The van der Waals surface area contributed by atoms with Crippen molar-refractivity contribution in [3.05, 3.63) is 23.8 Å². The molecule has 0 bridgehead atoms. The standard InChI is InChI=1S/C18H25N3OS/c1-11-8-9-15-16(10-11)21-18(20-15)23-13(3)17(22)19-14-7-5-4-6-12(14)2/h8-10,12-14H,4-7H2,1-3H3,(H,19,22)(H,20,21)/t12-,13+,14+/m0/s1. The lowest BCUT2D eigenvalue weighted by Gasteiger charge is -2.30. The van der Waals surface area contributed by atoms with Crippen LogP contribution in [0.5, 0.6) is 0 Å². The van der Waals surface area contributed by atoms with Gasteiger partial charge in [0.05, 0.1) is 16.3 Å². The first-order valence-corrected chi connectivity index (χ1v) is 9.34. The van der Waals surface area contributed by atoms with Gasteiger partial charge in [0, 0.05) is 6.04 Å². The number of rotatable bonds is 4. The molecule has 1 saturated carbocycles. The zero-order chi connectivity index (χ0) is 16.4. The van der Waals surface area contributed by atoms with Crippen molar-refractivity contribution in [3.8, 4) is 0 Å². The van der Waals surface area contributed by atoms with Crippen molar-refractivity contribution in [2.24, 2.45) is 5.92 Å². The summed E-state index contributed by atoms with van der Waals surface area (Å²) in [6.07, 6.45) is 4.83. The number of hydrogen-bond acceptors (Lipinski definition) is 3. The minimum Gasteiger partial charge on any atom is -0.352 e. The van der Waals surface area contributed by atoms with Crippen LogP contribution in [-0.2, 0) is 4.79 Å². The molecule has 3 atom stereocenters. The van der Waals surface area contributed by atoms with Crippen LogP contribution in [0.15, 0.2) is 23.4 Å². The zero-order valence-electron chi connectivity index (χ0n) is 14.1. The van der Waals surface area contributed by atoms with Crippen molar-refractivity contribution in [2.45, 2.75) is 62.9 Å². The van der Waals surface area contributed by atoms with Crippen LogP contribution < -0.4 is 5.32 Å².